The smallest absolute Gasteiger partial charge is 0.165 e. The van der Waals surface area contributed by atoms with Gasteiger partial charge in [-0.2, -0.15) is 11.3 Å². The second kappa shape index (κ2) is 5.05. The van der Waals surface area contributed by atoms with Crippen molar-refractivity contribution in [2.45, 2.75) is 19.5 Å². The monoisotopic (exact) mass is 297 g/mol. The van der Waals surface area contributed by atoms with Gasteiger partial charge in [0.25, 0.3) is 0 Å². The second-order valence-electron chi connectivity index (χ2n) is 5.18. The molecular weight excluding hydrogens is 282 g/mol. The van der Waals surface area contributed by atoms with E-state index in [1.54, 1.807) is 17.5 Å². The Balaban J connectivity index is 1.81. The van der Waals surface area contributed by atoms with E-state index in [2.05, 4.69) is 48.8 Å². The summed E-state index contributed by atoms with van der Waals surface area (Å²) in [6.45, 7) is 3.91. The summed E-state index contributed by atoms with van der Waals surface area (Å²) in [5.41, 5.74) is 3.57. The van der Waals surface area contributed by atoms with Gasteiger partial charge in [-0.25, -0.2) is 0 Å². The van der Waals surface area contributed by atoms with Crippen LogP contribution in [0.15, 0.2) is 35.3 Å². The molecule has 1 aliphatic heterocycles. The van der Waals surface area contributed by atoms with Crippen molar-refractivity contribution in [2.24, 2.45) is 0 Å². The van der Waals surface area contributed by atoms with Crippen molar-refractivity contribution in [1.29, 1.82) is 0 Å². The third-order valence-electron chi connectivity index (χ3n) is 3.84. The van der Waals surface area contributed by atoms with E-state index in [0.29, 0.717) is 0 Å². The maximum atomic E-state index is 4.44. The molecule has 0 aromatic carbocycles. The summed E-state index contributed by atoms with van der Waals surface area (Å²) >= 11 is 1.71. The van der Waals surface area contributed by atoms with Crippen LogP contribution in [0.3, 0.4) is 0 Å². The van der Waals surface area contributed by atoms with Crippen LogP contribution in [0.4, 0.5) is 0 Å². The zero-order valence-electron chi connectivity index (χ0n) is 11.7. The Bertz CT molecular complexity index is 761. The standard InChI is InChI=1S/C15H15N5S/c1-10-8-21-9-12(10)14-18-19-15-13(17-5-6-20(14)15)11-3-2-4-16-7-11/h2-4,7-9,13,17H,5-6H2,1H3. The fourth-order valence-corrected chi connectivity index (χ4v) is 3.59. The molecule has 3 aromatic heterocycles. The van der Waals surface area contributed by atoms with Gasteiger partial charge in [0.2, 0.25) is 0 Å². The van der Waals surface area contributed by atoms with Gasteiger partial charge in [-0.15, -0.1) is 10.2 Å². The molecule has 21 heavy (non-hydrogen) atoms. The number of hydrogen-bond acceptors (Lipinski definition) is 5. The first-order valence-electron chi connectivity index (χ1n) is 6.94. The fourth-order valence-electron chi connectivity index (χ4n) is 2.76. The van der Waals surface area contributed by atoms with E-state index in [0.717, 1.165) is 30.3 Å². The Labute approximate surface area is 126 Å². The Hall–Kier alpha value is -2.05. The minimum absolute atomic E-state index is 0.0626. The highest BCUT2D eigenvalue weighted by Gasteiger charge is 2.27. The van der Waals surface area contributed by atoms with E-state index < -0.39 is 0 Å². The van der Waals surface area contributed by atoms with E-state index in [4.69, 9.17) is 0 Å². The van der Waals surface area contributed by atoms with Crippen molar-refractivity contribution in [2.75, 3.05) is 6.54 Å². The fraction of sp³-hybridized carbons (Fsp3) is 0.267. The maximum absolute atomic E-state index is 4.44. The summed E-state index contributed by atoms with van der Waals surface area (Å²) < 4.78 is 2.23. The largest absolute Gasteiger partial charge is 0.308 e. The van der Waals surface area contributed by atoms with E-state index in [9.17, 15) is 0 Å². The molecule has 0 amide bonds. The molecule has 5 nitrogen and oxygen atoms in total. The molecule has 1 atom stereocenters. The van der Waals surface area contributed by atoms with Crippen molar-refractivity contribution in [3.63, 3.8) is 0 Å². The summed E-state index contributed by atoms with van der Waals surface area (Å²) in [5, 5.41) is 16.7. The average Bonchev–Trinajstić information content (AvgIpc) is 3.13. The lowest BCUT2D eigenvalue weighted by Gasteiger charge is -2.25. The lowest BCUT2D eigenvalue weighted by molar-refractivity contribution is 0.457. The van der Waals surface area contributed by atoms with Gasteiger partial charge in [0.15, 0.2) is 11.6 Å². The number of fused-ring (bicyclic) bond motifs is 1. The van der Waals surface area contributed by atoms with Crippen molar-refractivity contribution < 1.29 is 0 Å². The average molecular weight is 297 g/mol. The van der Waals surface area contributed by atoms with Crippen LogP contribution in [0.5, 0.6) is 0 Å². The summed E-state index contributed by atoms with van der Waals surface area (Å²) in [4.78, 5) is 4.21. The molecule has 0 spiro atoms. The maximum Gasteiger partial charge on any atom is 0.165 e. The third-order valence-corrected chi connectivity index (χ3v) is 4.70. The molecule has 1 unspecified atom stereocenters. The van der Waals surface area contributed by atoms with E-state index >= 15 is 0 Å². The predicted octanol–water partition coefficient (Wildman–Crippen LogP) is 2.40. The Morgan fingerprint density at radius 3 is 3.05 bits per heavy atom. The van der Waals surface area contributed by atoms with Crippen LogP contribution >= 0.6 is 11.3 Å². The van der Waals surface area contributed by atoms with Crippen molar-refractivity contribution >= 4 is 11.3 Å². The molecule has 1 aliphatic rings. The minimum Gasteiger partial charge on any atom is -0.308 e. The summed E-state index contributed by atoms with van der Waals surface area (Å²) in [6.07, 6.45) is 3.68. The first-order chi connectivity index (χ1) is 10.3. The molecule has 4 heterocycles. The van der Waals surface area contributed by atoms with Crippen molar-refractivity contribution in [3.8, 4) is 11.4 Å². The number of nitrogens with zero attached hydrogens (tertiary/aromatic N) is 4. The number of nitrogens with one attached hydrogen (secondary N) is 1. The summed E-state index contributed by atoms with van der Waals surface area (Å²) in [6, 6.07) is 4.09. The number of aryl methyl sites for hydroxylation is 1. The van der Waals surface area contributed by atoms with Gasteiger partial charge in [0, 0.05) is 36.4 Å². The third kappa shape index (κ3) is 2.07. The van der Waals surface area contributed by atoms with Gasteiger partial charge < -0.3 is 9.88 Å². The van der Waals surface area contributed by atoms with E-state index in [1.165, 1.54) is 11.1 Å². The molecule has 4 rings (SSSR count). The Kier molecular flexibility index (Phi) is 3.05. The van der Waals surface area contributed by atoms with E-state index in [1.807, 2.05) is 12.3 Å². The van der Waals surface area contributed by atoms with Gasteiger partial charge in [0.1, 0.15) is 0 Å². The highest BCUT2D eigenvalue weighted by Crippen LogP contribution is 2.30. The molecule has 0 saturated heterocycles. The lowest BCUT2D eigenvalue weighted by Crippen LogP contribution is -2.34. The predicted molar refractivity (Wildman–Crippen MR) is 82.2 cm³/mol. The number of thiophene rings is 1. The first-order valence-corrected chi connectivity index (χ1v) is 7.88. The van der Waals surface area contributed by atoms with Crippen LogP contribution in [0.2, 0.25) is 0 Å². The second-order valence-corrected chi connectivity index (χ2v) is 5.92. The van der Waals surface area contributed by atoms with Crippen molar-refractivity contribution in [3.05, 3.63) is 52.2 Å². The van der Waals surface area contributed by atoms with Crippen LogP contribution in [0, 0.1) is 6.92 Å². The van der Waals surface area contributed by atoms with Crippen molar-refractivity contribution in [1.82, 2.24) is 25.1 Å². The summed E-state index contributed by atoms with van der Waals surface area (Å²) in [5.74, 6) is 1.94. The highest BCUT2D eigenvalue weighted by atomic mass is 32.1. The SMILES string of the molecule is Cc1cscc1-c1nnc2n1CCNC2c1cccnc1. The molecule has 6 heteroatoms. The molecule has 0 saturated carbocycles. The lowest BCUT2D eigenvalue weighted by atomic mass is 10.1. The normalized spacial score (nSPS) is 17.7. The molecule has 0 bridgehead atoms. The number of rotatable bonds is 2. The molecule has 0 aliphatic carbocycles. The van der Waals surface area contributed by atoms with Crippen LogP contribution in [-0.2, 0) is 6.54 Å². The van der Waals surface area contributed by atoms with Gasteiger partial charge in [0.05, 0.1) is 6.04 Å². The van der Waals surface area contributed by atoms with Gasteiger partial charge in [-0.1, -0.05) is 6.07 Å². The van der Waals surface area contributed by atoms with Crippen LogP contribution in [0.1, 0.15) is 23.0 Å². The molecule has 1 N–H and O–H groups in total. The molecular formula is C15H15N5S. The molecule has 0 fully saturated rings. The van der Waals surface area contributed by atoms with Gasteiger partial charge in [-0.05, 0) is 29.5 Å². The molecule has 0 radical (unpaired) electrons. The zero-order valence-corrected chi connectivity index (χ0v) is 12.5. The van der Waals surface area contributed by atoms with Crippen LogP contribution in [0.25, 0.3) is 11.4 Å². The Morgan fingerprint density at radius 1 is 1.33 bits per heavy atom. The van der Waals surface area contributed by atoms with Gasteiger partial charge >= 0.3 is 0 Å². The number of aromatic nitrogens is 4. The summed E-state index contributed by atoms with van der Waals surface area (Å²) in [7, 11) is 0. The van der Waals surface area contributed by atoms with Crippen LogP contribution in [-0.4, -0.2) is 26.3 Å². The highest BCUT2D eigenvalue weighted by molar-refractivity contribution is 7.08. The van der Waals surface area contributed by atoms with Crippen LogP contribution < -0.4 is 5.32 Å². The zero-order chi connectivity index (χ0) is 14.2. The Morgan fingerprint density at radius 2 is 2.29 bits per heavy atom. The minimum atomic E-state index is 0.0626. The first kappa shape index (κ1) is 12.7. The quantitative estimate of drug-likeness (QED) is 0.789. The van der Waals surface area contributed by atoms with Gasteiger partial charge in [-0.3, -0.25) is 4.98 Å². The molecule has 3 aromatic rings. The molecule has 106 valence electrons. The van der Waals surface area contributed by atoms with E-state index in [-0.39, 0.29) is 6.04 Å². The topological polar surface area (TPSA) is 55.6 Å². The number of hydrogen-bond donors (Lipinski definition) is 1. The number of pyridine rings is 1.